The zero-order valence-electron chi connectivity index (χ0n) is 9.51. The smallest absolute Gasteiger partial charge is 0.347 e. The number of halogens is 1. The highest BCUT2D eigenvalue weighted by Gasteiger charge is 2.14. The Morgan fingerprint density at radius 3 is 2.83 bits per heavy atom. The Kier molecular flexibility index (Phi) is 3.57. The van der Waals surface area contributed by atoms with Gasteiger partial charge in [-0.3, -0.25) is 0 Å². The van der Waals surface area contributed by atoms with Gasteiger partial charge in [0.05, 0.1) is 5.69 Å². The van der Waals surface area contributed by atoms with Gasteiger partial charge in [0, 0.05) is 0 Å². The largest absolute Gasteiger partial charge is 0.483 e. The molecule has 0 saturated heterocycles. The molecular formula is C12H10FNO3S. The van der Waals surface area contributed by atoms with Gasteiger partial charge in [-0.05, 0) is 19.1 Å². The van der Waals surface area contributed by atoms with E-state index in [9.17, 15) is 9.18 Å². The van der Waals surface area contributed by atoms with Crippen molar-refractivity contribution in [1.82, 2.24) is 4.98 Å². The Morgan fingerprint density at radius 1 is 1.50 bits per heavy atom. The zero-order valence-corrected chi connectivity index (χ0v) is 10.3. The van der Waals surface area contributed by atoms with Crippen molar-refractivity contribution in [3.63, 3.8) is 0 Å². The zero-order chi connectivity index (χ0) is 13.1. The third-order valence-corrected chi connectivity index (χ3v) is 3.34. The van der Waals surface area contributed by atoms with Gasteiger partial charge in [-0.15, -0.1) is 11.3 Å². The molecule has 0 amide bonds. The number of carboxylic acid groups (broad SMARTS) is 1. The number of ether oxygens (including phenoxy) is 1. The second-order valence-electron chi connectivity index (χ2n) is 3.55. The molecule has 0 atom stereocenters. The van der Waals surface area contributed by atoms with Crippen LogP contribution >= 0.6 is 11.3 Å². The average Bonchev–Trinajstić information content (AvgIpc) is 2.70. The number of para-hydroxylation sites is 1. The van der Waals surface area contributed by atoms with Crippen molar-refractivity contribution in [2.24, 2.45) is 0 Å². The molecule has 2 aromatic rings. The topological polar surface area (TPSA) is 59.4 Å². The predicted molar refractivity (Wildman–Crippen MR) is 64.5 cm³/mol. The Hall–Kier alpha value is -1.95. The van der Waals surface area contributed by atoms with E-state index < -0.39 is 11.8 Å². The second-order valence-corrected chi connectivity index (χ2v) is 4.63. The van der Waals surface area contributed by atoms with Crippen molar-refractivity contribution in [2.75, 3.05) is 0 Å². The molecule has 0 aliphatic carbocycles. The van der Waals surface area contributed by atoms with Gasteiger partial charge in [0.2, 0.25) is 0 Å². The summed E-state index contributed by atoms with van der Waals surface area (Å²) < 4.78 is 18.5. The molecule has 2 rings (SSSR count). The summed E-state index contributed by atoms with van der Waals surface area (Å²) in [5, 5.41) is 9.39. The van der Waals surface area contributed by atoms with Crippen LogP contribution in [-0.2, 0) is 6.61 Å². The van der Waals surface area contributed by atoms with Crippen LogP contribution in [0.5, 0.6) is 5.75 Å². The normalized spacial score (nSPS) is 10.3. The fourth-order valence-corrected chi connectivity index (χ4v) is 2.23. The molecule has 18 heavy (non-hydrogen) atoms. The van der Waals surface area contributed by atoms with Crippen molar-refractivity contribution in [2.45, 2.75) is 13.5 Å². The number of aromatic nitrogens is 1. The fourth-order valence-electron chi connectivity index (χ4n) is 1.41. The quantitative estimate of drug-likeness (QED) is 0.925. The number of carboxylic acids is 1. The molecule has 1 aromatic heterocycles. The lowest BCUT2D eigenvalue weighted by atomic mass is 10.3. The van der Waals surface area contributed by atoms with E-state index in [0.717, 1.165) is 11.3 Å². The number of carbonyl (C=O) groups is 1. The fraction of sp³-hybridized carbons (Fsp3) is 0.167. The van der Waals surface area contributed by atoms with Crippen LogP contribution in [0.2, 0.25) is 0 Å². The third-order valence-electron chi connectivity index (χ3n) is 2.22. The van der Waals surface area contributed by atoms with Gasteiger partial charge in [0.25, 0.3) is 0 Å². The van der Waals surface area contributed by atoms with E-state index in [1.165, 1.54) is 12.1 Å². The molecule has 0 bridgehead atoms. The van der Waals surface area contributed by atoms with E-state index in [1.807, 2.05) is 0 Å². The standard InChI is InChI=1S/C12H10FNO3S/c1-7-11(12(15)16)18-10(14-7)6-17-9-5-3-2-4-8(9)13/h2-5H,6H2,1H3,(H,15,16). The highest BCUT2D eigenvalue weighted by atomic mass is 32.1. The number of thiazole rings is 1. The molecular weight excluding hydrogens is 257 g/mol. The van der Waals surface area contributed by atoms with E-state index in [4.69, 9.17) is 9.84 Å². The number of aromatic carboxylic acids is 1. The summed E-state index contributed by atoms with van der Waals surface area (Å²) in [6, 6.07) is 6.03. The van der Waals surface area contributed by atoms with Gasteiger partial charge in [0.1, 0.15) is 16.5 Å². The molecule has 1 N–H and O–H groups in total. The van der Waals surface area contributed by atoms with E-state index in [1.54, 1.807) is 19.1 Å². The van der Waals surface area contributed by atoms with Crippen LogP contribution in [0.1, 0.15) is 20.4 Å². The van der Waals surface area contributed by atoms with Crippen LogP contribution in [0.3, 0.4) is 0 Å². The Balaban J connectivity index is 2.09. The van der Waals surface area contributed by atoms with Gasteiger partial charge in [0.15, 0.2) is 11.6 Å². The van der Waals surface area contributed by atoms with E-state index >= 15 is 0 Å². The Morgan fingerprint density at radius 2 is 2.22 bits per heavy atom. The van der Waals surface area contributed by atoms with Crippen molar-refractivity contribution in [3.05, 3.63) is 45.7 Å². The number of hydrogen-bond acceptors (Lipinski definition) is 4. The summed E-state index contributed by atoms with van der Waals surface area (Å²) in [5.74, 6) is -1.34. The number of hydrogen-bond donors (Lipinski definition) is 1. The van der Waals surface area contributed by atoms with Crippen LogP contribution in [0.25, 0.3) is 0 Å². The molecule has 1 heterocycles. The minimum absolute atomic E-state index is 0.0553. The number of nitrogens with zero attached hydrogens (tertiary/aromatic N) is 1. The van der Waals surface area contributed by atoms with Gasteiger partial charge in [-0.1, -0.05) is 12.1 Å². The summed E-state index contributed by atoms with van der Waals surface area (Å²) >= 11 is 1.03. The molecule has 0 spiro atoms. The lowest BCUT2D eigenvalue weighted by Gasteiger charge is -2.04. The SMILES string of the molecule is Cc1nc(COc2ccccc2F)sc1C(=O)O. The van der Waals surface area contributed by atoms with Crippen molar-refractivity contribution < 1.29 is 19.0 Å². The summed E-state index contributed by atoms with van der Waals surface area (Å²) in [6.45, 7) is 1.67. The second kappa shape index (κ2) is 5.14. The Bertz CT molecular complexity index is 582. The van der Waals surface area contributed by atoms with Gasteiger partial charge >= 0.3 is 5.97 Å². The summed E-state index contributed by atoms with van der Waals surface area (Å²) in [6.07, 6.45) is 0. The maximum Gasteiger partial charge on any atom is 0.347 e. The van der Waals surface area contributed by atoms with Crippen molar-refractivity contribution in [3.8, 4) is 5.75 Å². The van der Waals surface area contributed by atoms with Crippen LogP contribution in [0.15, 0.2) is 24.3 Å². The monoisotopic (exact) mass is 267 g/mol. The lowest BCUT2D eigenvalue weighted by Crippen LogP contribution is -1.96. The first-order chi connectivity index (χ1) is 8.58. The molecule has 0 fully saturated rings. The van der Waals surface area contributed by atoms with Crippen LogP contribution in [0.4, 0.5) is 4.39 Å². The molecule has 0 aliphatic heterocycles. The molecule has 0 unspecified atom stereocenters. The minimum atomic E-state index is -1.01. The van der Waals surface area contributed by atoms with Gasteiger partial charge in [-0.2, -0.15) is 0 Å². The molecule has 0 aliphatic rings. The summed E-state index contributed by atoms with van der Waals surface area (Å²) in [5.41, 5.74) is 0.444. The lowest BCUT2D eigenvalue weighted by molar-refractivity contribution is 0.0701. The van der Waals surface area contributed by atoms with Crippen LogP contribution in [-0.4, -0.2) is 16.1 Å². The maximum absolute atomic E-state index is 13.3. The van der Waals surface area contributed by atoms with Gasteiger partial charge < -0.3 is 9.84 Å². The number of benzene rings is 1. The number of rotatable bonds is 4. The van der Waals surface area contributed by atoms with Gasteiger partial charge in [-0.25, -0.2) is 14.2 Å². The first-order valence-corrected chi connectivity index (χ1v) is 5.96. The molecule has 6 heteroatoms. The first-order valence-electron chi connectivity index (χ1n) is 5.15. The highest BCUT2D eigenvalue weighted by Crippen LogP contribution is 2.21. The van der Waals surface area contributed by atoms with Crippen LogP contribution in [0, 0.1) is 12.7 Å². The third kappa shape index (κ3) is 2.65. The molecule has 0 radical (unpaired) electrons. The minimum Gasteiger partial charge on any atom is -0.483 e. The molecule has 94 valence electrons. The number of aryl methyl sites for hydroxylation is 1. The van der Waals surface area contributed by atoms with Crippen molar-refractivity contribution >= 4 is 17.3 Å². The van der Waals surface area contributed by atoms with E-state index in [2.05, 4.69) is 4.98 Å². The molecule has 4 nitrogen and oxygen atoms in total. The molecule has 0 saturated carbocycles. The van der Waals surface area contributed by atoms with Crippen LogP contribution < -0.4 is 4.74 Å². The van der Waals surface area contributed by atoms with E-state index in [0.29, 0.717) is 10.7 Å². The summed E-state index contributed by atoms with van der Waals surface area (Å²) in [4.78, 5) is 15.1. The predicted octanol–water partition coefficient (Wildman–Crippen LogP) is 2.87. The summed E-state index contributed by atoms with van der Waals surface area (Å²) in [7, 11) is 0. The maximum atomic E-state index is 13.3. The van der Waals surface area contributed by atoms with Crippen molar-refractivity contribution in [1.29, 1.82) is 0 Å². The Labute approximate surface area is 107 Å². The average molecular weight is 267 g/mol. The first kappa shape index (κ1) is 12.5. The van der Waals surface area contributed by atoms with E-state index in [-0.39, 0.29) is 17.2 Å². The highest BCUT2D eigenvalue weighted by molar-refractivity contribution is 7.13. The molecule has 1 aromatic carbocycles.